The molecule has 0 saturated carbocycles. The molecule has 1 aliphatic rings. The highest BCUT2D eigenvalue weighted by Gasteiger charge is 2.23. The fourth-order valence-corrected chi connectivity index (χ4v) is 2.70. The van der Waals surface area contributed by atoms with Crippen molar-refractivity contribution in [2.24, 2.45) is 5.92 Å². The Labute approximate surface area is 110 Å². The molecule has 0 bridgehead atoms. The predicted octanol–water partition coefficient (Wildman–Crippen LogP) is 2.45. The number of aryl methyl sites for hydroxylation is 1. The van der Waals surface area contributed by atoms with Crippen molar-refractivity contribution in [2.75, 3.05) is 18.9 Å². The number of hydrogen-bond acceptors (Lipinski definition) is 4. The lowest BCUT2D eigenvalue weighted by Crippen LogP contribution is -2.40. The van der Waals surface area contributed by atoms with Crippen molar-refractivity contribution in [2.45, 2.75) is 46.2 Å². The third-order valence-electron chi connectivity index (χ3n) is 3.78. The van der Waals surface area contributed by atoms with Gasteiger partial charge in [-0.2, -0.15) is 0 Å². The van der Waals surface area contributed by atoms with Gasteiger partial charge in [-0.05, 0) is 39.2 Å². The van der Waals surface area contributed by atoms with E-state index in [1.165, 1.54) is 12.8 Å². The quantitative estimate of drug-likeness (QED) is 0.892. The molecule has 2 heterocycles. The number of rotatable bonds is 3. The number of nitrogens with zero attached hydrogens (tertiary/aromatic N) is 3. The second-order valence-electron chi connectivity index (χ2n) is 5.51. The van der Waals surface area contributed by atoms with Gasteiger partial charge in [0, 0.05) is 24.8 Å². The van der Waals surface area contributed by atoms with Gasteiger partial charge in [-0.1, -0.05) is 6.92 Å². The van der Waals surface area contributed by atoms with Crippen LogP contribution in [0.4, 0.5) is 5.82 Å². The predicted molar refractivity (Wildman–Crippen MR) is 74.6 cm³/mol. The van der Waals surface area contributed by atoms with Crippen LogP contribution in [-0.2, 0) is 6.54 Å². The van der Waals surface area contributed by atoms with Crippen molar-refractivity contribution >= 4 is 5.82 Å². The lowest BCUT2D eigenvalue weighted by atomic mass is 9.93. The number of aromatic nitrogens is 2. The Kier molecular flexibility index (Phi) is 4.17. The van der Waals surface area contributed by atoms with E-state index >= 15 is 0 Å². The number of piperidine rings is 1. The van der Waals surface area contributed by atoms with E-state index in [0.29, 0.717) is 6.04 Å². The molecular weight excluding hydrogens is 224 g/mol. The second-order valence-corrected chi connectivity index (χ2v) is 5.51. The van der Waals surface area contributed by atoms with E-state index in [9.17, 15) is 0 Å². The zero-order chi connectivity index (χ0) is 13.1. The molecule has 0 aliphatic carbocycles. The first-order valence-corrected chi connectivity index (χ1v) is 6.85. The highest BCUT2D eigenvalue weighted by molar-refractivity contribution is 5.34. The van der Waals surface area contributed by atoms with E-state index in [2.05, 4.69) is 34.0 Å². The number of anilines is 1. The summed E-state index contributed by atoms with van der Waals surface area (Å²) in [5.41, 5.74) is 1.03. The Morgan fingerprint density at radius 2 is 2.17 bits per heavy atom. The molecule has 18 heavy (non-hydrogen) atoms. The Hall–Kier alpha value is -1.16. The first-order chi connectivity index (χ1) is 8.58. The maximum absolute atomic E-state index is 4.54. The summed E-state index contributed by atoms with van der Waals surface area (Å²) in [6, 6.07) is 2.61. The van der Waals surface area contributed by atoms with Crippen LogP contribution in [-0.4, -0.2) is 34.5 Å². The largest absolute Gasteiger partial charge is 0.373 e. The first kappa shape index (κ1) is 13.3. The van der Waals surface area contributed by atoms with E-state index in [1.54, 1.807) is 0 Å². The van der Waals surface area contributed by atoms with Gasteiger partial charge in [0.1, 0.15) is 11.6 Å². The van der Waals surface area contributed by atoms with E-state index in [4.69, 9.17) is 0 Å². The summed E-state index contributed by atoms with van der Waals surface area (Å²) in [4.78, 5) is 11.6. The van der Waals surface area contributed by atoms with Gasteiger partial charge in [-0.3, -0.25) is 4.90 Å². The van der Waals surface area contributed by atoms with Gasteiger partial charge in [0.2, 0.25) is 0 Å². The van der Waals surface area contributed by atoms with E-state index in [1.807, 2.05) is 20.0 Å². The third-order valence-corrected chi connectivity index (χ3v) is 3.78. The normalized spacial score (nSPS) is 25.1. The zero-order valence-corrected chi connectivity index (χ0v) is 11.9. The van der Waals surface area contributed by atoms with E-state index in [0.717, 1.165) is 36.3 Å². The van der Waals surface area contributed by atoms with Gasteiger partial charge in [0.25, 0.3) is 0 Å². The molecule has 4 heteroatoms. The summed E-state index contributed by atoms with van der Waals surface area (Å²) in [7, 11) is 1.90. The molecule has 1 aromatic heterocycles. The Morgan fingerprint density at radius 3 is 2.83 bits per heavy atom. The van der Waals surface area contributed by atoms with Crippen LogP contribution in [0.1, 0.15) is 38.2 Å². The summed E-state index contributed by atoms with van der Waals surface area (Å²) in [5.74, 6) is 2.69. The zero-order valence-electron chi connectivity index (χ0n) is 11.9. The average Bonchev–Trinajstić information content (AvgIpc) is 2.32. The maximum atomic E-state index is 4.54. The average molecular weight is 248 g/mol. The van der Waals surface area contributed by atoms with Gasteiger partial charge in [-0.25, -0.2) is 9.97 Å². The molecule has 1 aliphatic heterocycles. The smallest absolute Gasteiger partial charge is 0.144 e. The topological polar surface area (TPSA) is 41.1 Å². The molecule has 2 unspecified atom stereocenters. The van der Waals surface area contributed by atoms with Crippen molar-refractivity contribution < 1.29 is 0 Å². The van der Waals surface area contributed by atoms with Crippen molar-refractivity contribution in [3.05, 3.63) is 17.6 Å². The molecule has 2 atom stereocenters. The molecule has 2 rings (SSSR count). The Bertz CT molecular complexity index is 405. The van der Waals surface area contributed by atoms with Crippen molar-refractivity contribution in [3.8, 4) is 0 Å². The summed E-state index contributed by atoms with van der Waals surface area (Å²) in [6.45, 7) is 8.70. The molecule has 1 N–H and O–H groups in total. The Morgan fingerprint density at radius 1 is 1.39 bits per heavy atom. The number of nitrogens with one attached hydrogen (secondary N) is 1. The molecule has 1 aromatic rings. The van der Waals surface area contributed by atoms with Gasteiger partial charge >= 0.3 is 0 Å². The van der Waals surface area contributed by atoms with Crippen LogP contribution in [0.3, 0.4) is 0 Å². The van der Waals surface area contributed by atoms with Crippen LogP contribution < -0.4 is 5.32 Å². The molecular formula is C14H24N4. The molecule has 1 fully saturated rings. The van der Waals surface area contributed by atoms with Crippen LogP contribution >= 0.6 is 0 Å². The first-order valence-electron chi connectivity index (χ1n) is 6.85. The molecule has 0 spiro atoms. The minimum atomic E-state index is 0.635. The van der Waals surface area contributed by atoms with Crippen molar-refractivity contribution in [1.82, 2.24) is 14.9 Å². The van der Waals surface area contributed by atoms with Crippen LogP contribution in [0.2, 0.25) is 0 Å². The summed E-state index contributed by atoms with van der Waals surface area (Å²) in [6.07, 6.45) is 2.57. The monoisotopic (exact) mass is 248 g/mol. The van der Waals surface area contributed by atoms with Gasteiger partial charge in [-0.15, -0.1) is 0 Å². The van der Waals surface area contributed by atoms with Crippen LogP contribution in [0.25, 0.3) is 0 Å². The number of likely N-dealkylation sites (tertiary alicyclic amines) is 1. The minimum Gasteiger partial charge on any atom is -0.373 e. The number of hydrogen-bond donors (Lipinski definition) is 1. The maximum Gasteiger partial charge on any atom is 0.144 e. The fraction of sp³-hybridized carbons (Fsp3) is 0.714. The van der Waals surface area contributed by atoms with Crippen LogP contribution in [0, 0.1) is 12.8 Å². The SMILES string of the molecule is CNc1cc(C)nc(CN2CCC(C)CC2C)n1. The van der Waals surface area contributed by atoms with Crippen LogP contribution in [0.15, 0.2) is 6.07 Å². The highest BCUT2D eigenvalue weighted by Crippen LogP contribution is 2.23. The lowest BCUT2D eigenvalue weighted by molar-refractivity contribution is 0.119. The standard InChI is InChI=1S/C14H24N4/c1-10-5-6-18(12(3)7-10)9-14-16-11(2)8-13(15-4)17-14/h8,10,12H,5-7,9H2,1-4H3,(H,15,16,17). The second kappa shape index (κ2) is 5.65. The molecule has 0 amide bonds. The summed E-state index contributed by atoms with van der Waals surface area (Å²) < 4.78 is 0. The summed E-state index contributed by atoms with van der Waals surface area (Å²) in [5, 5.41) is 3.09. The van der Waals surface area contributed by atoms with Gasteiger partial charge in [0.05, 0.1) is 6.54 Å². The van der Waals surface area contributed by atoms with Crippen molar-refractivity contribution in [3.63, 3.8) is 0 Å². The molecule has 0 radical (unpaired) electrons. The van der Waals surface area contributed by atoms with Gasteiger partial charge < -0.3 is 5.32 Å². The third kappa shape index (κ3) is 3.19. The fourth-order valence-electron chi connectivity index (χ4n) is 2.70. The van der Waals surface area contributed by atoms with Crippen molar-refractivity contribution in [1.29, 1.82) is 0 Å². The minimum absolute atomic E-state index is 0.635. The van der Waals surface area contributed by atoms with E-state index in [-0.39, 0.29) is 0 Å². The van der Waals surface area contributed by atoms with E-state index < -0.39 is 0 Å². The van der Waals surface area contributed by atoms with Gasteiger partial charge in [0.15, 0.2) is 0 Å². The lowest BCUT2D eigenvalue weighted by Gasteiger charge is -2.36. The molecule has 100 valence electrons. The molecule has 1 saturated heterocycles. The molecule has 0 aromatic carbocycles. The Balaban J connectivity index is 2.06. The highest BCUT2D eigenvalue weighted by atomic mass is 15.2. The van der Waals surface area contributed by atoms with Crippen LogP contribution in [0.5, 0.6) is 0 Å². The molecule has 4 nitrogen and oxygen atoms in total. The summed E-state index contributed by atoms with van der Waals surface area (Å²) >= 11 is 0.